The van der Waals surface area contributed by atoms with Crippen molar-refractivity contribution in [2.75, 3.05) is 0 Å². The Morgan fingerprint density at radius 3 is 2.64 bits per heavy atom. The lowest BCUT2D eigenvalue weighted by Crippen LogP contribution is -2.38. The summed E-state index contributed by atoms with van der Waals surface area (Å²) >= 11 is 0. The standard InChI is InChI=1S/C12H21NO/c1-7-6-8(2)12-9(3)13-11(14)5-4-10(7)12/h7-10,12H,4-6H2,1-3H3,(H,13,14). The minimum Gasteiger partial charge on any atom is -0.353 e. The highest BCUT2D eigenvalue weighted by atomic mass is 16.1. The van der Waals surface area contributed by atoms with Gasteiger partial charge in [-0.15, -0.1) is 0 Å². The van der Waals surface area contributed by atoms with Gasteiger partial charge >= 0.3 is 0 Å². The van der Waals surface area contributed by atoms with Crippen molar-refractivity contribution < 1.29 is 4.79 Å². The Morgan fingerprint density at radius 1 is 1.21 bits per heavy atom. The molecular weight excluding hydrogens is 174 g/mol. The molecule has 2 heteroatoms. The number of hydrogen-bond acceptors (Lipinski definition) is 1. The van der Waals surface area contributed by atoms with Crippen molar-refractivity contribution in [3.8, 4) is 0 Å². The molecule has 0 aromatic carbocycles. The van der Waals surface area contributed by atoms with Gasteiger partial charge in [0.2, 0.25) is 5.91 Å². The predicted molar refractivity (Wildman–Crippen MR) is 56.8 cm³/mol. The summed E-state index contributed by atoms with van der Waals surface area (Å²) in [5.74, 6) is 3.34. The molecule has 1 aliphatic heterocycles. The number of rotatable bonds is 0. The fourth-order valence-electron chi connectivity index (χ4n) is 3.78. The van der Waals surface area contributed by atoms with Gasteiger partial charge in [-0.25, -0.2) is 0 Å². The minimum absolute atomic E-state index is 0.256. The summed E-state index contributed by atoms with van der Waals surface area (Å²) in [5, 5.41) is 3.13. The Bertz CT molecular complexity index is 238. The first-order chi connectivity index (χ1) is 6.59. The van der Waals surface area contributed by atoms with Crippen LogP contribution in [0.2, 0.25) is 0 Å². The molecule has 1 saturated carbocycles. The largest absolute Gasteiger partial charge is 0.353 e. The molecule has 1 N–H and O–H groups in total. The van der Waals surface area contributed by atoms with Crippen molar-refractivity contribution in [3.63, 3.8) is 0 Å². The van der Waals surface area contributed by atoms with E-state index in [1.54, 1.807) is 0 Å². The fraction of sp³-hybridized carbons (Fsp3) is 0.917. The van der Waals surface area contributed by atoms with Gasteiger partial charge in [-0.1, -0.05) is 13.8 Å². The molecule has 1 heterocycles. The smallest absolute Gasteiger partial charge is 0.220 e. The molecule has 2 rings (SSSR count). The van der Waals surface area contributed by atoms with E-state index in [2.05, 4.69) is 26.1 Å². The quantitative estimate of drug-likeness (QED) is 0.630. The van der Waals surface area contributed by atoms with E-state index in [4.69, 9.17) is 0 Å². The fourth-order valence-corrected chi connectivity index (χ4v) is 3.78. The second-order valence-corrected chi connectivity index (χ2v) is 5.33. The van der Waals surface area contributed by atoms with E-state index in [9.17, 15) is 4.79 Å². The van der Waals surface area contributed by atoms with Crippen LogP contribution in [0.15, 0.2) is 0 Å². The van der Waals surface area contributed by atoms with E-state index in [-0.39, 0.29) is 5.91 Å². The monoisotopic (exact) mass is 195 g/mol. The van der Waals surface area contributed by atoms with Gasteiger partial charge in [0.25, 0.3) is 0 Å². The SMILES string of the molecule is CC1CC(C)C2C(C)NC(=O)CCC12. The van der Waals surface area contributed by atoms with Gasteiger partial charge in [0.15, 0.2) is 0 Å². The van der Waals surface area contributed by atoms with Crippen molar-refractivity contribution >= 4 is 5.91 Å². The van der Waals surface area contributed by atoms with Gasteiger partial charge in [-0.05, 0) is 43.4 Å². The average molecular weight is 195 g/mol. The van der Waals surface area contributed by atoms with Gasteiger partial charge in [0.05, 0.1) is 0 Å². The number of hydrogen-bond donors (Lipinski definition) is 1. The Morgan fingerprint density at radius 2 is 1.93 bits per heavy atom. The van der Waals surface area contributed by atoms with E-state index in [1.165, 1.54) is 6.42 Å². The number of nitrogens with one attached hydrogen (secondary N) is 1. The third-order valence-corrected chi connectivity index (χ3v) is 4.30. The van der Waals surface area contributed by atoms with Crippen LogP contribution in [0, 0.1) is 23.7 Å². The lowest BCUT2D eigenvalue weighted by atomic mass is 9.81. The van der Waals surface area contributed by atoms with Crippen molar-refractivity contribution in [3.05, 3.63) is 0 Å². The van der Waals surface area contributed by atoms with Crippen LogP contribution in [0.4, 0.5) is 0 Å². The van der Waals surface area contributed by atoms with E-state index < -0.39 is 0 Å². The second kappa shape index (κ2) is 3.56. The Hall–Kier alpha value is -0.530. The van der Waals surface area contributed by atoms with Crippen LogP contribution in [-0.2, 0) is 4.79 Å². The zero-order valence-electron chi connectivity index (χ0n) is 9.42. The highest BCUT2D eigenvalue weighted by molar-refractivity contribution is 5.76. The summed E-state index contributed by atoms with van der Waals surface area (Å²) in [6.07, 6.45) is 3.18. The van der Waals surface area contributed by atoms with Crippen LogP contribution in [0.3, 0.4) is 0 Å². The van der Waals surface area contributed by atoms with E-state index in [0.29, 0.717) is 6.04 Å². The summed E-state index contributed by atoms with van der Waals surface area (Å²) in [6.45, 7) is 6.87. The molecule has 5 unspecified atom stereocenters. The maximum atomic E-state index is 11.4. The molecule has 1 aliphatic carbocycles. The number of carbonyl (C=O) groups excluding carboxylic acids is 1. The lowest BCUT2D eigenvalue weighted by molar-refractivity contribution is -0.121. The van der Waals surface area contributed by atoms with Crippen LogP contribution >= 0.6 is 0 Å². The van der Waals surface area contributed by atoms with E-state index in [1.807, 2.05) is 0 Å². The molecule has 0 spiro atoms. The molecule has 1 amide bonds. The van der Waals surface area contributed by atoms with Gasteiger partial charge in [0.1, 0.15) is 0 Å². The van der Waals surface area contributed by atoms with Gasteiger partial charge in [-0.2, -0.15) is 0 Å². The molecule has 0 bridgehead atoms. The second-order valence-electron chi connectivity index (χ2n) is 5.33. The Balaban J connectivity index is 2.19. The number of carbonyl (C=O) groups is 1. The maximum Gasteiger partial charge on any atom is 0.220 e. The van der Waals surface area contributed by atoms with Gasteiger partial charge < -0.3 is 5.32 Å². The molecule has 0 aromatic rings. The number of fused-ring (bicyclic) bond motifs is 1. The first-order valence-corrected chi connectivity index (χ1v) is 5.89. The van der Waals surface area contributed by atoms with Crippen molar-refractivity contribution in [1.82, 2.24) is 5.32 Å². The van der Waals surface area contributed by atoms with Crippen LogP contribution < -0.4 is 5.32 Å². The molecule has 0 aromatic heterocycles. The normalized spacial score (nSPS) is 48.2. The molecule has 80 valence electrons. The van der Waals surface area contributed by atoms with Crippen molar-refractivity contribution in [2.24, 2.45) is 23.7 Å². The summed E-state index contributed by atoms with van der Waals surface area (Å²) in [5.41, 5.74) is 0. The summed E-state index contributed by atoms with van der Waals surface area (Å²) < 4.78 is 0. The molecule has 2 fully saturated rings. The summed E-state index contributed by atoms with van der Waals surface area (Å²) in [7, 11) is 0. The summed E-state index contributed by atoms with van der Waals surface area (Å²) in [6, 6.07) is 0.384. The van der Waals surface area contributed by atoms with Gasteiger partial charge in [0, 0.05) is 12.5 Å². The van der Waals surface area contributed by atoms with Crippen LogP contribution in [0.1, 0.15) is 40.0 Å². The highest BCUT2D eigenvalue weighted by Gasteiger charge is 2.43. The zero-order valence-corrected chi connectivity index (χ0v) is 9.42. The maximum absolute atomic E-state index is 11.4. The van der Waals surface area contributed by atoms with E-state index >= 15 is 0 Å². The first-order valence-electron chi connectivity index (χ1n) is 5.89. The van der Waals surface area contributed by atoms with Crippen LogP contribution in [-0.4, -0.2) is 11.9 Å². The molecular formula is C12H21NO. The topological polar surface area (TPSA) is 29.1 Å². The van der Waals surface area contributed by atoms with Gasteiger partial charge in [-0.3, -0.25) is 4.79 Å². The molecule has 5 atom stereocenters. The summed E-state index contributed by atoms with van der Waals surface area (Å²) in [4.78, 5) is 11.4. The third-order valence-electron chi connectivity index (χ3n) is 4.30. The molecule has 1 saturated heterocycles. The molecule has 0 radical (unpaired) electrons. The van der Waals surface area contributed by atoms with Crippen LogP contribution in [0.5, 0.6) is 0 Å². The Kier molecular flexibility index (Phi) is 2.54. The molecule has 2 nitrogen and oxygen atoms in total. The first kappa shape index (κ1) is 10.0. The number of amides is 1. The minimum atomic E-state index is 0.256. The zero-order chi connectivity index (χ0) is 10.3. The van der Waals surface area contributed by atoms with E-state index in [0.717, 1.165) is 36.5 Å². The highest BCUT2D eigenvalue weighted by Crippen LogP contribution is 2.46. The molecule has 14 heavy (non-hydrogen) atoms. The van der Waals surface area contributed by atoms with Crippen molar-refractivity contribution in [2.45, 2.75) is 46.1 Å². The average Bonchev–Trinajstić information content (AvgIpc) is 2.26. The van der Waals surface area contributed by atoms with Crippen LogP contribution in [0.25, 0.3) is 0 Å². The third kappa shape index (κ3) is 1.55. The Labute approximate surface area is 86.5 Å². The van der Waals surface area contributed by atoms with Crippen molar-refractivity contribution in [1.29, 1.82) is 0 Å². The lowest BCUT2D eigenvalue weighted by Gasteiger charge is -2.27. The molecule has 2 aliphatic rings. The predicted octanol–water partition coefficient (Wildman–Crippen LogP) is 2.19.